The Hall–Kier alpha value is -2.99. The number of carboxylic acids is 2. The van der Waals surface area contributed by atoms with Gasteiger partial charge in [0.05, 0.1) is 4.91 Å². The van der Waals surface area contributed by atoms with E-state index < -0.39 is 53.9 Å². The van der Waals surface area contributed by atoms with Gasteiger partial charge in [0.25, 0.3) is 0 Å². The van der Waals surface area contributed by atoms with E-state index >= 15 is 0 Å². The number of hydrogen-bond donors (Lipinski definition) is 5. The summed E-state index contributed by atoms with van der Waals surface area (Å²) in [5.74, 6) is -5.04. The smallest absolute Gasteiger partial charge is 0.322 e. The standard InChI is InChI=1S/C16H19N3O8S/c17-9(16(26)27)2-4-13(22)19-10(15(25)18-6-14(23)24)7-28-12-5-8(20)1-3-11(12)21/h1,3,5,9-10H,2,4,6-7,17H2,(H,18,25)(H,19,22)(H,23,24)(H,26,27)/t9-,10-/m0/s1. The molecular formula is C16H19N3O8S. The number of carbonyl (C=O) groups is 6. The van der Waals surface area contributed by atoms with Gasteiger partial charge >= 0.3 is 11.9 Å². The SMILES string of the molecule is N[C@@H](CCC(=O)N[C@@H](CSC1=CC(=O)C=CC1=O)C(=O)NCC(=O)O)C(=O)O. The lowest BCUT2D eigenvalue weighted by molar-refractivity contribution is -0.139. The number of hydrogen-bond acceptors (Lipinski definition) is 8. The normalized spacial score (nSPS) is 15.4. The van der Waals surface area contributed by atoms with Gasteiger partial charge in [-0.3, -0.25) is 28.8 Å². The molecule has 12 heteroatoms. The van der Waals surface area contributed by atoms with Crippen LogP contribution in [0.2, 0.25) is 0 Å². The van der Waals surface area contributed by atoms with Crippen molar-refractivity contribution in [3.05, 3.63) is 23.1 Å². The largest absolute Gasteiger partial charge is 0.480 e. The van der Waals surface area contributed by atoms with E-state index in [2.05, 4.69) is 10.6 Å². The van der Waals surface area contributed by atoms with Crippen LogP contribution in [0, 0.1) is 0 Å². The molecule has 1 rings (SSSR count). The van der Waals surface area contributed by atoms with E-state index in [4.69, 9.17) is 15.9 Å². The zero-order valence-electron chi connectivity index (χ0n) is 14.5. The minimum absolute atomic E-state index is 0.0747. The molecule has 0 unspecified atom stereocenters. The highest BCUT2D eigenvalue weighted by Crippen LogP contribution is 2.21. The molecule has 0 aromatic heterocycles. The molecule has 0 radical (unpaired) electrons. The molecule has 1 aliphatic carbocycles. The monoisotopic (exact) mass is 413 g/mol. The van der Waals surface area contributed by atoms with Gasteiger partial charge in [-0.15, -0.1) is 11.8 Å². The molecule has 0 saturated heterocycles. The van der Waals surface area contributed by atoms with Crippen LogP contribution in [0.1, 0.15) is 12.8 Å². The van der Waals surface area contributed by atoms with Crippen LogP contribution in [0.25, 0.3) is 0 Å². The highest BCUT2D eigenvalue weighted by atomic mass is 32.2. The van der Waals surface area contributed by atoms with Crippen LogP contribution in [-0.4, -0.2) is 69.9 Å². The molecule has 0 aromatic carbocycles. The van der Waals surface area contributed by atoms with Gasteiger partial charge in [0, 0.05) is 18.2 Å². The van der Waals surface area contributed by atoms with Gasteiger partial charge in [-0.2, -0.15) is 0 Å². The summed E-state index contributed by atoms with van der Waals surface area (Å²) in [6.07, 6.45) is 2.82. The summed E-state index contributed by atoms with van der Waals surface area (Å²) in [6.45, 7) is -0.678. The Bertz CT molecular complexity index is 746. The molecule has 0 bridgehead atoms. The number of amides is 2. The zero-order chi connectivity index (χ0) is 21.3. The third kappa shape index (κ3) is 8.14. The van der Waals surface area contributed by atoms with Crippen LogP contribution >= 0.6 is 11.8 Å². The van der Waals surface area contributed by atoms with Crippen molar-refractivity contribution in [3.8, 4) is 0 Å². The van der Waals surface area contributed by atoms with Gasteiger partial charge in [0.1, 0.15) is 18.6 Å². The zero-order valence-corrected chi connectivity index (χ0v) is 15.4. The van der Waals surface area contributed by atoms with Crippen molar-refractivity contribution < 1.29 is 39.0 Å². The average Bonchev–Trinajstić information content (AvgIpc) is 2.63. The van der Waals surface area contributed by atoms with E-state index in [1.54, 1.807) is 0 Å². The average molecular weight is 413 g/mol. The van der Waals surface area contributed by atoms with E-state index in [0.717, 1.165) is 30.0 Å². The van der Waals surface area contributed by atoms with E-state index in [1.165, 1.54) is 0 Å². The summed E-state index contributed by atoms with van der Waals surface area (Å²) in [4.78, 5) is 68.6. The number of ketones is 2. The summed E-state index contributed by atoms with van der Waals surface area (Å²) in [6, 6.07) is -2.46. The number of thioether (sulfide) groups is 1. The molecule has 2 amide bonds. The lowest BCUT2D eigenvalue weighted by atomic mass is 10.1. The van der Waals surface area contributed by atoms with Gasteiger partial charge in [0.2, 0.25) is 11.8 Å². The van der Waals surface area contributed by atoms with Crippen molar-refractivity contribution >= 4 is 47.1 Å². The summed E-state index contributed by atoms with van der Waals surface area (Å²) >= 11 is 0.849. The number of carbonyl (C=O) groups excluding carboxylic acids is 4. The van der Waals surface area contributed by atoms with Crippen molar-refractivity contribution in [1.82, 2.24) is 10.6 Å². The van der Waals surface area contributed by atoms with Crippen molar-refractivity contribution in [2.24, 2.45) is 5.73 Å². The van der Waals surface area contributed by atoms with Crippen molar-refractivity contribution in [3.63, 3.8) is 0 Å². The number of rotatable bonds is 11. The molecule has 28 heavy (non-hydrogen) atoms. The fourth-order valence-electron chi connectivity index (χ4n) is 1.92. The third-order valence-electron chi connectivity index (χ3n) is 3.39. The third-order valence-corrected chi connectivity index (χ3v) is 4.52. The first-order valence-corrected chi connectivity index (χ1v) is 8.96. The van der Waals surface area contributed by atoms with E-state index in [1.807, 2.05) is 0 Å². The Morgan fingerprint density at radius 1 is 1.14 bits per heavy atom. The molecule has 1 aliphatic rings. The molecule has 0 heterocycles. The maximum atomic E-state index is 12.1. The first-order chi connectivity index (χ1) is 13.1. The molecule has 2 atom stereocenters. The van der Waals surface area contributed by atoms with E-state index in [9.17, 15) is 28.8 Å². The Kier molecular flexibility index (Phi) is 9.05. The maximum Gasteiger partial charge on any atom is 0.322 e. The molecule has 0 fully saturated rings. The highest BCUT2D eigenvalue weighted by Gasteiger charge is 2.24. The summed E-state index contributed by atoms with van der Waals surface area (Å²) in [5, 5.41) is 21.8. The predicted octanol–water partition coefficient (Wildman–Crippen LogP) is -1.81. The van der Waals surface area contributed by atoms with Crippen LogP contribution < -0.4 is 16.4 Å². The van der Waals surface area contributed by atoms with Gasteiger partial charge < -0.3 is 26.6 Å². The molecule has 0 aliphatic heterocycles. The number of nitrogens with one attached hydrogen (secondary N) is 2. The van der Waals surface area contributed by atoms with Crippen LogP contribution in [-0.2, 0) is 28.8 Å². The maximum absolute atomic E-state index is 12.1. The van der Waals surface area contributed by atoms with E-state index in [-0.39, 0.29) is 23.5 Å². The minimum atomic E-state index is -1.29. The number of nitrogens with two attached hydrogens (primary N) is 1. The van der Waals surface area contributed by atoms with Crippen LogP contribution in [0.15, 0.2) is 23.1 Å². The fourth-order valence-corrected chi connectivity index (χ4v) is 2.91. The Morgan fingerprint density at radius 2 is 1.82 bits per heavy atom. The predicted molar refractivity (Wildman–Crippen MR) is 97.1 cm³/mol. The molecule has 152 valence electrons. The second kappa shape index (κ2) is 11.0. The second-order valence-corrected chi connectivity index (χ2v) is 6.70. The van der Waals surface area contributed by atoms with Crippen LogP contribution in [0.3, 0.4) is 0 Å². The Morgan fingerprint density at radius 3 is 2.43 bits per heavy atom. The lowest BCUT2D eigenvalue weighted by Gasteiger charge is -2.18. The van der Waals surface area contributed by atoms with Gasteiger partial charge in [-0.05, 0) is 18.6 Å². The number of allylic oxidation sites excluding steroid dienone is 4. The Balaban J connectivity index is 2.72. The molecule has 11 nitrogen and oxygen atoms in total. The fraction of sp³-hybridized carbons (Fsp3) is 0.375. The minimum Gasteiger partial charge on any atom is -0.480 e. The first-order valence-electron chi connectivity index (χ1n) is 7.98. The number of aliphatic carboxylic acids is 2. The first kappa shape index (κ1) is 23.0. The summed E-state index contributed by atoms with van der Waals surface area (Å²) in [7, 11) is 0. The van der Waals surface area contributed by atoms with Crippen LogP contribution in [0.5, 0.6) is 0 Å². The topological polar surface area (TPSA) is 193 Å². The summed E-state index contributed by atoms with van der Waals surface area (Å²) in [5.41, 5.74) is 5.31. The lowest BCUT2D eigenvalue weighted by Crippen LogP contribution is -2.49. The van der Waals surface area contributed by atoms with Crippen molar-refractivity contribution in [1.29, 1.82) is 0 Å². The molecule has 6 N–H and O–H groups in total. The molecule has 0 saturated carbocycles. The quantitative estimate of drug-likeness (QED) is 0.241. The molecule has 0 spiro atoms. The Labute approximate surface area is 163 Å². The van der Waals surface area contributed by atoms with Gasteiger partial charge in [-0.25, -0.2) is 0 Å². The van der Waals surface area contributed by atoms with Crippen LogP contribution in [0.4, 0.5) is 0 Å². The second-order valence-electron chi connectivity index (χ2n) is 5.63. The van der Waals surface area contributed by atoms with Crippen molar-refractivity contribution in [2.75, 3.05) is 12.3 Å². The van der Waals surface area contributed by atoms with Gasteiger partial charge in [-0.1, -0.05) is 0 Å². The molecule has 0 aromatic rings. The highest BCUT2D eigenvalue weighted by molar-refractivity contribution is 8.04. The number of carboxylic acid groups (broad SMARTS) is 2. The van der Waals surface area contributed by atoms with E-state index in [0.29, 0.717) is 0 Å². The molecular weight excluding hydrogens is 394 g/mol. The van der Waals surface area contributed by atoms with Crippen molar-refractivity contribution in [2.45, 2.75) is 24.9 Å². The van der Waals surface area contributed by atoms with Gasteiger partial charge in [0.15, 0.2) is 11.6 Å². The summed E-state index contributed by atoms with van der Waals surface area (Å²) < 4.78 is 0.